The summed E-state index contributed by atoms with van der Waals surface area (Å²) in [4.78, 5) is 24.5. The van der Waals surface area contributed by atoms with Crippen LogP contribution in [-0.2, 0) is 16.1 Å². The molecule has 0 unspecified atom stereocenters. The molecule has 0 aromatic heterocycles. The smallest absolute Gasteiger partial charge is 0.235 e. The number of hydrogen-bond donors (Lipinski definition) is 2. The molecule has 4 nitrogen and oxygen atoms in total. The lowest BCUT2D eigenvalue weighted by Crippen LogP contribution is -2.52. The minimum Gasteiger partial charge on any atom is -0.351 e. The Labute approximate surface area is 127 Å². The lowest BCUT2D eigenvalue weighted by atomic mass is 9.89. The minimum absolute atomic E-state index is 0.267. The summed E-state index contributed by atoms with van der Waals surface area (Å²) in [6.45, 7) is 11.4. The van der Waals surface area contributed by atoms with Crippen LogP contribution in [-0.4, -0.2) is 17.4 Å². The molecular weight excluding hydrogens is 264 g/mol. The predicted molar refractivity (Wildman–Crippen MR) is 84.7 cm³/mol. The molecule has 0 aliphatic heterocycles. The number of amides is 2. The van der Waals surface area contributed by atoms with E-state index in [1.165, 1.54) is 0 Å². The summed E-state index contributed by atoms with van der Waals surface area (Å²) < 4.78 is 0. The zero-order valence-electron chi connectivity index (χ0n) is 13.8. The van der Waals surface area contributed by atoms with Crippen molar-refractivity contribution < 1.29 is 9.59 Å². The molecule has 1 aromatic carbocycles. The SMILES string of the molecule is Cc1cccc(CNC(=O)C(C)(C)C(=O)NC(C)(C)C)c1. The van der Waals surface area contributed by atoms with Gasteiger partial charge in [0.15, 0.2) is 0 Å². The Hall–Kier alpha value is -1.84. The molecule has 4 heteroatoms. The molecule has 0 saturated heterocycles. The van der Waals surface area contributed by atoms with Gasteiger partial charge in [0.05, 0.1) is 0 Å². The first-order valence-corrected chi connectivity index (χ1v) is 7.19. The van der Waals surface area contributed by atoms with Crippen molar-refractivity contribution in [3.63, 3.8) is 0 Å². The molecule has 0 aliphatic carbocycles. The van der Waals surface area contributed by atoms with Gasteiger partial charge >= 0.3 is 0 Å². The van der Waals surface area contributed by atoms with Crippen molar-refractivity contribution in [2.24, 2.45) is 5.41 Å². The Morgan fingerprint density at radius 3 is 2.19 bits per heavy atom. The van der Waals surface area contributed by atoms with Crippen molar-refractivity contribution in [1.82, 2.24) is 10.6 Å². The molecule has 21 heavy (non-hydrogen) atoms. The first-order valence-electron chi connectivity index (χ1n) is 7.19. The zero-order chi connectivity index (χ0) is 16.3. The van der Waals surface area contributed by atoms with Crippen LogP contribution in [0.1, 0.15) is 45.7 Å². The highest BCUT2D eigenvalue weighted by atomic mass is 16.2. The Morgan fingerprint density at radius 2 is 1.67 bits per heavy atom. The number of carbonyl (C=O) groups excluding carboxylic acids is 2. The van der Waals surface area contributed by atoms with E-state index in [9.17, 15) is 9.59 Å². The normalized spacial score (nSPS) is 11.9. The summed E-state index contributed by atoms with van der Waals surface area (Å²) in [7, 11) is 0. The van der Waals surface area contributed by atoms with Crippen molar-refractivity contribution in [1.29, 1.82) is 0 Å². The maximum absolute atomic E-state index is 12.3. The van der Waals surface area contributed by atoms with E-state index in [4.69, 9.17) is 0 Å². The number of carbonyl (C=O) groups is 2. The van der Waals surface area contributed by atoms with Gasteiger partial charge in [0.1, 0.15) is 5.41 Å². The van der Waals surface area contributed by atoms with Crippen molar-refractivity contribution >= 4 is 11.8 Å². The van der Waals surface area contributed by atoms with Gasteiger partial charge in [-0.05, 0) is 47.1 Å². The highest BCUT2D eigenvalue weighted by Gasteiger charge is 2.37. The Kier molecular flexibility index (Phi) is 5.15. The van der Waals surface area contributed by atoms with Gasteiger partial charge in [-0.15, -0.1) is 0 Å². The fraction of sp³-hybridized carbons (Fsp3) is 0.529. The van der Waals surface area contributed by atoms with E-state index >= 15 is 0 Å². The topological polar surface area (TPSA) is 58.2 Å². The lowest BCUT2D eigenvalue weighted by molar-refractivity contribution is -0.142. The van der Waals surface area contributed by atoms with Gasteiger partial charge < -0.3 is 10.6 Å². The number of rotatable bonds is 4. The molecule has 0 aliphatic rings. The monoisotopic (exact) mass is 290 g/mol. The number of benzene rings is 1. The highest BCUT2D eigenvalue weighted by Crippen LogP contribution is 2.18. The first-order chi connectivity index (χ1) is 9.52. The molecule has 2 N–H and O–H groups in total. The standard InChI is InChI=1S/C17H26N2O2/c1-12-8-7-9-13(10-12)11-18-14(20)17(5,6)15(21)19-16(2,3)4/h7-10H,11H2,1-6H3,(H,18,20)(H,19,21). The van der Waals surface area contributed by atoms with Crippen LogP contribution in [0.2, 0.25) is 0 Å². The lowest BCUT2D eigenvalue weighted by Gasteiger charge is -2.28. The summed E-state index contributed by atoms with van der Waals surface area (Å²) in [6.07, 6.45) is 0. The molecule has 0 spiro atoms. The number of aryl methyl sites for hydroxylation is 1. The van der Waals surface area contributed by atoms with Gasteiger partial charge in [0, 0.05) is 12.1 Å². The van der Waals surface area contributed by atoms with E-state index < -0.39 is 5.41 Å². The Bertz CT molecular complexity index is 528. The van der Waals surface area contributed by atoms with Crippen LogP contribution in [0, 0.1) is 12.3 Å². The molecule has 0 atom stereocenters. The number of nitrogens with one attached hydrogen (secondary N) is 2. The molecular formula is C17H26N2O2. The average Bonchev–Trinajstić information content (AvgIpc) is 2.33. The van der Waals surface area contributed by atoms with Gasteiger partial charge in [0.25, 0.3) is 0 Å². The van der Waals surface area contributed by atoms with E-state index in [0.29, 0.717) is 6.54 Å². The van der Waals surface area contributed by atoms with Crippen LogP contribution in [0.15, 0.2) is 24.3 Å². The van der Waals surface area contributed by atoms with E-state index in [1.807, 2.05) is 52.0 Å². The molecule has 1 rings (SSSR count). The maximum Gasteiger partial charge on any atom is 0.235 e. The highest BCUT2D eigenvalue weighted by molar-refractivity contribution is 6.04. The third-order valence-corrected chi connectivity index (χ3v) is 3.16. The third kappa shape index (κ3) is 5.21. The largest absolute Gasteiger partial charge is 0.351 e. The summed E-state index contributed by atoms with van der Waals surface area (Å²) in [5.41, 5.74) is 0.712. The molecule has 2 amide bonds. The average molecular weight is 290 g/mol. The van der Waals surface area contributed by atoms with Crippen molar-refractivity contribution in [2.45, 2.75) is 53.6 Å². The quantitative estimate of drug-likeness (QED) is 0.837. The number of hydrogen-bond acceptors (Lipinski definition) is 2. The molecule has 0 saturated carbocycles. The summed E-state index contributed by atoms with van der Waals surface area (Å²) in [5, 5.41) is 5.68. The summed E-state index contributed by atoms with van der Waals surface area (Å²) in [6, 6.07) is 7.93. The molecule has 0 heterocycles. The Morgan fingerprint density at radius 1 is 1.05 bits per heavy atom. The molecule has 116 valence electrons. The van der Waals surface area contributed by atoms with Crippen LogP contribution >= 0.6 is 0 Å². The predicted octanol–water partition coefficient (Wildman–Crippen LogP) is 2.55. The van der Waals surface area contributed by atoms with Gasteiger partial charge in [-0.1, -0.05) is 29.8 Å². The zero-order valence-corrected chi connectivity index (χ0v) is 13.8. The second kappa shape index (κ2) is 6.29. The molecule has 1 aromatic rings. The van der Waals surface area contributed by atoms with Gasteiger partial charge in [-0.25, -0.2) is 0 Å². The first kappa shape index (κ1) is 17.2. The second-order valence-electron chi connectivity index (χ2n) is 7.00. The summed E-state index contributed by atoms with van der Waals surface area (Å²) >= 11 is 0. The maximum atomic E-state index is 12.3. The van der Waals surface area contributed by atoms with Gasteiger partial charge in [-0.3, -0.25) is 9.59 Å². The molecule has 0 bridgehead atoms. The van der Waals surface area contributed by atoms with Crippen LogP contribution in [0.4, 0.5) is 0 Å². The van der Waals surface area contributed by atoms with Gasteiger partial charge in [-0.2, -0.15) is 0 Å². The Balaban J connectivity index is 2.67. The molecule has 0 fully saturated rings. The minimum atomic E-state index is -1.10. The van der Waals surface area contributed by atoms with Crippen molar-refractivity contribution in [2.75, 3.05) is 0 Å². The van der Waals surface area contributed by atoms with E-state index in [1.54, 1.807) is 13.8 Å². The summed E-state index contributed by atoms with van der Waals surface area (Å²) in [5.74, 6) is -0.539. The third-order valence-electron chi connectivity index (χ3n) is 3.16. The van der Waals surface area contributed by atoms with Crippen molar-refractivity contribution in [3.05, 3.63) is 35.4 Å². The fourth-order valence-corrected chi connectivity index (χ4v) is 1.83. The van der Waals surface area contributed by atoms with Gasteiger partial charge in [0.2, 0.25) is 11.8 Å². The fourth-order valence-electron chi connectivity index (χ4n) is 1.83. The van der Waals surface area contributed by atoms with Crippen LogP contribution in [0.5, 0.6) is 0 Å². The van der Waals surface area contributed by atoms with Crippen LogP contribution < -0.4 is 10.6 Å². The van der Waals surface area contributed by atoms with E-state index in [2.05, 4.69) is 10.6 Å². The van der Waals surface area contributed by atoms with E-state index in [0.717, 1.165) is 11.1 Å². The second-order valence-corrected chi connectivity index (χ2v) is 7.00. The van der Waals surface area contributed by atoms with Crippen LogP contribution in [0.3, 0.4) is 0 Å². The van der Waals surface area contributed by atoms with Crippen molar-refractivity contribution in [3.8, 4) is 0 Å². The van der Waals surface area contributed by atoms with Crippen LogP contribution in [0.25, 0.3) is 0 Å². The van der Waals surface area contributed by atoms with E-state index in [-0.39, 0.29) is 17.4 Å². The molecule has 0 radical (unpaired) electrons.